The summed E-state index contributed by atoms with van der Waals surface area (Å²) in [5, 5.41) is 0. The Bertz CT molecular complexity index is 818. The van der Waals surface area contributed by atoms with E-state index in [1.807, 2.05) is 13.1 Å². The molecule has 142 valence electrons. The number of rotatable bonds is 8. The van der Waals surface area contributed by atoms with Crippen LogP contribution in [0.1, 0.15) is 39.1 Å². The van der Waals surface area contributed by atoms with E-state index in [2.05, 4.69) is 4.90 Å². The van der Waals surface area contributed by atoms with Gasteiger partial charge in [0.2, 0.25) is 0 Å². The molecule has 0 N–H and O–H groups in total. The number of fused-ring (bicyclic) bond motifs is 1. The van der Waals surface area contributed by atoms with Crippen LogP contribution < -0.4 is 4.74 Å². The van der Waals surface area contributed by atoms with Crippen molar-refractivity contribution in [3.05, 3.63) is 65.0 Å². The molecule has 2 aromatic rings. The van der Waals surface area contributed by atoms with Gasteiger partial charge in [-0.3, -0.25) is 14.5 Å². The topological polar surface area (TPSA) is 49.9 Å². The van der Waals surface area contributed by atoms with Crippen LogP contribution in [-0.4, -0.2) is 48.9 Å². The minimum atomic E-state index is -0.367. The second-order valence-corrected chi connectivity index (χ2v) is 6.72. The molecule has 0 saturated carbocycles. The minimum Gasteiger partial charge on any atom is -0.494 e. The van der Waals surface area contributed by atoms with Crippen molar-refractivity contribution in [2.45, 2.75) is 19.4 Å². The van der Waals surface area contributed by atoms with Gasteiger partial charge in [0.1, 0.15) is 0 Å². The second-order valence-electron chi connectivity index (χ2n) is 6.72. The molecule has 3 rings (SSSR count). The average molecular weight is 370 g/mol. The van der Waals surface area contributed by atoms with Crippen molar-refractivity contribution in [1.29, 1.82) is 0 Å². The van der Waals surface area contributed by atoms with E-state index in [1.54, 1.807) is 30.3 Å². The lowest BCUT2D eigenvalue weighted by molar-refractivity contribution is 0.0650. The maximum Gasteiger partial charge on any atom is 0.261 e. The van der Waals surface area contributed by atoms with Crippen LogP contribution in [0.4, 0.5) is 4.39 Å². The number of methoxy groups -OCH3 is 1. The molecule has 27 heavy (non-hydrogen) atoms. The van der Waals surface area contributed by atoms with Gasteiger partial charge in [-0.05, 0) is 56.3 Å². The van der Waals surface area contributed by atoms with Gasteiger partial charge < -0.3 is 9.64 Å². The Hall–Kier alpha value is -2.73. The summed E-state index contributed by atoms with van der Waals surface area (Å²) in [6.45, 7) is 1.82. The minimum absolute atomic E-state index is 0.210. The molecule has 0 fully saturated rings. The predicted octanol–water partition coefficient (Wildman–Crippen LogP) is 3.34. The fourth-order valence-electron chi connectivity index (χ4n) is 3.29. The van der Waals surface area contributed by atoms with Crippen LogP contribution in [0.25, 0.3) is 0 Å². The summed E-state index contributed by atoms with van der Waals surface area (Å²) < 4.78 is 18.7. The zero-order valence-corrected chi connectivity index (χ0v) is 15.6. The van der Waals surface area contributed by atoms with Crippen LogP contribution in [0, 0.1) is 5.82 Å². The summed E-state index contributed by atoms with van der Waals surface area (Å²) in [5.74, 6) is -0.549. The van der Waals surface area contributed by atoms with E-state index in [0.717, 1.165) is 24.9 Å². The van der Waals surface area contributed by atoms with Crippen molar-refractivity contribution in [2.75, 3.05) is 27.2 Å². The third kappa shape index (κ3) is 4.17. The average Bonchev–Trinajstić information content (AvgIpc) is 2.90. The fourth-order valence-corrected chi connectivity index (χ4v) is 3.29. The van der Waals surface area contributed by atoms with Crippen LogP contribution in [0.2, 0.25) is 0 Å². The van der Waals surface area contributed by atoms with Crippen LogP contribution in [-0.2, 0) is 6.54 Å². The molecule has 0 bridgehead atoms. The lowest BCUT2D eigenvalue weighted by Gasteiger charge is -2.18. The summed E-state index contributed by atoms with van der Waals surface area (Å²) >= 11 is 0. The van der Waals surface area contributed by atoms with Gasteiger partial charge in [-0.2, -0.15) is 0 Å². The van der Waals surface area contributed by atoms with Crippen molar-refractivity contribution in [3.8, 4) is 5.75 Å². The van der Waals surface area contributed by atoms with Crippen LogP contribution in [0.15, 0.2) is 42.5 Å². The molecule has 5 nitrogen and oxygen atoms in total. The van der Waals surface area contributed by atoms with Gasteiger partial charge in [0.15, 0.2) is 11.6 Å². The number of carbonyl (C=O) groups excluding carboxylic acids is 2. The first-order chi connectivity index (χ1) is 13.0. The van der Waals surface area contributed by atoms with Crippen molar-refractivity contribution in [2.24, 2.45) is 0 Å². The maximum absolute atomic E-state index is 13.8. The monoisotopic (exact) mass is 370 g/mol. The molecular weight excluding hydrogens is 347 g/mol. The molecule has 0 saturated heterocycles. The van der Waals surface area contributed by atoms with Gasteiger partial charge in [-0.1, -0.05) is 18.2 Å². The van der Waals surface area contributed by atoms with Crippen molar-refractivity contribution >= 4 is 11.8 Å². The second kappa shape index (κ2) is 8.31. The lowest BCUT2D eigenvalue weighted by atomic mass is 10.1. The summed E-state index contributed by atoms with van der Waals surface area (Å²) in [4.78, 5) is 28.0. The van der Waals surface area contributed by atoms with E-state index < -0.39 is 0 Å². The van der Waals surface area contributed by atoms with E-state index in [-0.39, 0.29) is 23.4 Å². The van der Waals surface area contributed by atoms with E-state index >= 15 is 0 Å². The van der Waals surface area contributed by atoms with Crippen LogP contribution in [0.5, 0.6) is 5.75 Å². The number of hydrogen-bond donors (Lipinski definition) is 0. The number of nitrogens with zero attached hydrogens (tertiary/aromatic N) is 2. The van der Waals surface area contributed by atoms with E-state index in [9.17, 15) is 14.0 Å². The highest BCUT2D eigenvalue weighted by Gasteiger charge is 2.34. The highest BCUT2D eigenvalue weighted by Crippen LogP contribution is 2.23. The Balaban J connectivity index is 1.45. The molecule has 2 amide bonds. The predicted molar refractivity (Wildman–Crippen MR) is 100 cm³/mol. The van der Waals surface area contributed by atoms with E-state index in [1.165, 1.54) is 18.1 Å². The zero-order chi connectivity index (χ0) is 19.4. The number of imide groups is 1. The zero-order valence-electron chi connectivity index (χ0n) is 15.6. The molecule has 2 aromatic carbocycles. The molecule has 0 unspecified atom stereocenters. The van der Waals surface area contributed by atoms with E-state index in [4.69, 9.17) is 4.74 Å². The highest BCUT2D eigenvalue weighted by molar-refractivity contribution is 6.21. The van der Waals surface area contributed by atoms with Crippen LogP contribution in [0.3, 0.4) is 0 Å². The smallest absolute Gasteiger partial charge is 0.261 e. The Kier molecular flexibility index (Phi) is 5.86. The molecule has 0 aliphatic carbocycles. The maximum atomic E-state index is 13.8. The van der Waals surface area contributed by atoms with Crippen molar-refractivity contribution < 1.29 is 18.7 Å². The normalized spacial score (nSPS) is 13.4. The molecule has 0 aromatic heterocycles. The Morgan fingerprint density at radius 1 is 1.04 bits per heavy atom. The first-order valence-corrected chi connectivity index (χ1v) is 8.97. The van der Waals surface area contributed by atoms with Gasteiger partial charge in [0.25, 0.3) is 11.8 Å². The molecule has 0 atom stereocenters. The summed E-state index contributed by atoms with van der Waals surface area (Å²) in [6, 6.07) is 11.9. The number of carbonyl (C=O) groups is 2. The van der Waals surface area contributed by atoms with Crippen molar-refractivity contribution in [3.63, 3.8) is 0 Å². The Morgan fingerprint density at radius 3 is 2.30 bits per heavy atom. The van der Waals surface area contributed by atoms with Gasteiger partial charge in [0.05, 0.1) is 18.2 Å². The highest BCUT2D eigenvalue weighted by atomic mass is 19.1. The third-order valence-corrected chi connectivity index (χ3v) is 4.72. The molecule has 0 radical (unpaired) electrons. The van der Waals surface area contributed by atoms with E-state index in [0.29, 0.717) is 24.2 Å². The van der Waals surface area contributed by atoms with Crippen LogP contribution >= 0.6 is 0 Å². The van der Waals surface area contributed by atoms with Gasteiger partial charge in [-0.15, -0.1) is 0 Å². The summed E-state index contributed by atoms with van der Waals surface area (Å²) in [7, 11) is 3.41. The lowest BCUT2D eigenvalue weighted by Crippen LogP contribution is -2.31. The Morgan fingerprint density at radius 2 is 1.70 bits per heavy atom. The molecule has 1 aliphatic rings. The first-order valence-electron chi connectivity index (χ1n) is 8.97. The van der Waals surface area contributed by atoms with Crippen molar-refractivity contribution in [1.82, 2.24) is 9.80 Å². The van der Waals surface area contributed by atoms with Gasteiger partial charge >= 0.3 is 0 Å². The third-order valence-electron chi connectivity index (χ3n) is 4.72. The first kappa shape index (κ1) is 19.0. The fraction of sp³-hybridized carbons (Fsp3) is 0.333. The number of halogens is 1. The Labute approximate surface area is 158 Å². The van der Waals surface area contributed by atoms with Gasteiger partial charge in [-0.25, -0.2) is 4.39 Å². The number of unbranched alkanes of at least 4 members (excludes halogenated alkanes) is 1. The number of amides is 2. The molecule has 6 heteroatoms. The molecular formula is C21H23FN2O3. The quantitative estimate of drug-likeness (QED) is 0.528. The summed E-state index contributed by atoms with van der Waals surface area (Å²) in [5.41, 5.74) is 1.85. The molecule has 1 heterocycles. The SMILES string of the molecule is COc1ccc(CN(C)CCCCN2C(=O)c3ccccc3C2=O)cc1F. The summed E-state index contributed by atoms with van der Waals surface area (Å²) in [6.07, 6.45) is 1.56. The number of ether oxygens (including phenoxy) is 1. The number of hydrogen-bond acceptors (Lipinski definition) is 4. The standard InChI is InChI=1S/C21H23FN2O3/c1-23(14-15-9-10-19(27-2)18(22)13-15)11-5-6-12-24-20(25)16-7-3-4-8-17(16)21(24)26/h3-4,7-10,13H,5-6,11-12,14H2,1-2H3. The molecule has 1 aliphatic heterocycles. The number of benzene rings is 2. The molecule has 0 spiro atoms. The van der Waals surface area contributed by atoms with Gasteiger partial charge in [0, 0.05) is 13.1 Å². The largest absolute Gasteiger partial charge is 0.494 e.